The molecule has 0 unspecified atom stereocenters. The lowest BCUT2D eigenvalue weighted by Gasteiger charge is -2.23. The van der Waals surface area contributed by atoms with E-state index in [1.807, 2.05) is 4.72 Å². The zero-order valence-corrected chi connectivity index (χ0v) is 19.1. The van der Waals surface area contributed by atoms with E-state index in [2.05, 4.69) is 33.7 Å². The van der Waals surface area contributed by atoms with E-state index in [1.54, 1.807) is 13.0 Å². The van der Waals surface area contributed by atoms with Crippen LogP contribution in [0.25, 0.3) is 0 Å². The molecule has 1 fully saturated rings. The van der Waals surface area contributed by atoms with Crippen LogP contribution in [-0.2, 0) is 14.8 Å². The van der Waals surface area contributed by atoms with Crippen molar-refractivity contribution in [3.63, 3.8) is 0 Å². The van der Waals surface area contributed by atoms with Crippen molar-refractivity contribution < 1.29 is 23.1 Å². The number of carbonyl (C=O) groups is 2. The quantitative estimate of drug-likeness (QED) is 0.376. The molecule has 0 bridgehead atoms. The van der Waals surface area contributed by atoms with Crippen LogP contribution in [0.5, 0.6) is 0 Å². The van der Waals surface area contributed by atoms with Crippen molar-refractivity contribution in [1.29, 1.82) is 0 Å². The fraction of sp³-hybridized carbons (Fsp3) is 0.429. The monoisotopic (exact) mass is 463 g/mol. The lowest BCUT2D eigenvalue weighted by atomic mass is 10.2. The normalized spacial score (nSPS) is 14.7. The zero-order chi connectivity index (χ0) is 23.7. The number of carbonyl (C=O) groups excluding carboxylic acids is 1. The van der Waals surface area contributed by atoms with Gasteiger partial charge in [-0.3, -0.25) is 9.59 Å². The molecule has 0 aliphatic heterocycles. The Labute approximate surface area is 188 Å². The third kappa shape index (κ3) is 8.23. The highest BCUT2D eigenvalue weighted by Gasteiger charge is 2.25. The Kier molecular flexibility index (Phi) is 9.09. The molecule has 1 aliphatic carbocycles. The molecule has 1 aromatic heterocycles. The predicted molar refractivity (Wildman–Crippen MR) is 121 cm³/mol. The van der Waals surface area contributed by atoms with Crippen LogP contribution in [0.4, 0.5) is 5.82 Å². The van der Waals surface area contributed by atoms with E-state index in [-0.39, 0.29) is 5.69 Å². The summed E-state index contributed by atoms with van der Waals surface area (Å²) in [5, 5.41) is 12.1. The first-order valence-electron chi connectivity index (χ1n) is 10.3. The summed E-state index contributed by atoms with van der Waals surface area (Å²) in [5.74, 6) is -0.423. The number of hydrogen-bond acceptors (Lipinski definition) is 7. The number of aliphatic carboxylic acids is 1. The Bertz CT molecular complexity index is 1020. The van der Waals surface area contributed by atoms with Gasteiger partial charge in [0.2, 0.25) is 10.0 Å². The summed E-state index contributed by atoms with van der Waals surface area (Å²) in [4.78, 5) is 33.8. The molecule has 1 aliphatic rings. The van der Waals surface area contributed by atoms with Gasteiger partial charge >= 0.3 is 5.97 Å². The van der Waals surface area contributed by atoms with Gasteiger partial charge in [-0.25, -0.2) is 23.1 Å². The minimum Gasteiger partial charge on any atom is -0.480 e. The van der Waals surface area contributed by atoms with Crippen LogP contribution in [-0.4, -0.2) is 55.0 Å². The van der Waals surface area contributed by atoms with E-state index in [0.717, 1.165) is 24.9 Å². The minimum absolute atomic E-state index is 0.179. The zero-order valence-electron chi connectivity index (χ0n) is 18.2. The van der Waals surface area contributed by atoms with E-state index in [4.69, 9.17) is 5.11 Å². The van der Waals surface area contributed by atoms with Crippen LogP contribution in [0.1, 0.15) is 43.6 Å². The van der Waals surface area contributed by atoms with Gasteiger partial charge in [-0.1, -0.05) is 13.5 Å². The van der Waals surface area contributed by atoms with Crippen LogP contribution >= 0.6 is 0 Å². The molecule has 0 atom stereocenters. The first kappa shape index (κ1) is 25.2. The number of nitrogens with one attached hydrogen (secondary N) is 2. The summed E-state index contributed by atoms with van der Waals surface area (Å²) in [5.41, 5.74) is 0.881. The summed E-state index contributed by atoms with van der Waals surface area (Å²) in [6.45, 7) is 8.33. The first-order chi connectivity index (χ1) is 15.1. The molecule has 174 valence electrons. The van der Waals surface area contributed by atoms with Crippen LogP contribution in [0.2, 0.25) is 0 Å². The maximum absolute atomic E-state index is 12.7. The number of carboxylic acid groups (broad SMARTS) is 1. The van der Waals surface area contributed by atoms with E-state index in [1.165, 1.54) is 31.3 Å². The van der Waals surface area contributed by atoms with Gasteiger partial charge in [0.15, 0.2) is 0 Å². The molecular weight excluding hydrogens is 434 g/mol. The molecule has 0 aromatic carbocycles. The second-order valence-electron chi connectivity index (χ2n) is 7.47. The first-order valence-corrected chi connectivity index (χ1v) is 11.8. The molecule has 2 rings (SSSR count). The summed E-state index contributed by atoms with van der Waals surface area (Å²) >= 11 is 0. The standard InChI is InChI=1S/C21H29N5O5S/c1-4-9-26(13-16-6-7-16)19-11-18(22-14-23-19)21(29)25-17(5-2)15(3)8-10-32(30,31)24-12-20(27)28/h5,8,10-11,14,16,24H,2,4,6-7,9,12-13H2,1,3H3,(H,25,29)(H,27,28)/b10-8+,17-15+. The van der Waals surface area contributed by atoms with Crippen LogP contribution in [0.3, 0.4) is 0 Å². The minimum atomic E-state index is -3.94. The molecule has 0 saturated heterocycles. The molecule has 0 spiro atoms. The number of sulfonamides is 1. The number of amides is 1. The van der Waals surface area contributed by atoms with Crippen molar-refractivity contribution in [3.8, 4) is 0 Å². The molecule has 1 aromatic rings. The number of carboxylic acids is 1. The third-order valence-corrected chi connectivity index (χ3v) is 5.72. The van der Waals surface area contributed by atoms with E-state index in [0.29, 0.717) is 23.0 Å². The van der Waals surface area contributed by atoms with E-state index in [9.17, 15) is 18.0 Å². The molecule has 11 heteroatoms. The van der Waals surface area contributed by atoms with Crippen molar-refractivity contribution in [2.45, 2.75) is 33.1 Å². The number of anilines is 1. The molecular formula is C21H29N5O5S. The van der Waals surface area contributed by atoms with Crippen molar-refractivity contribution in [2.75, 3.05) is 24.5 Å². The molecule has 32 heavy (non-hydrogen) atoms. The van der Waals surface area contributed by atoms with Gasteiger partial charge in [0.25, 0.3) is 5.91 Å². The van der Waals surface area contributed by atoms with Crippen LogP contribution in [0.15, 0.2) is 47.8 Å². The highest BCUT2D eigenvalue weighted by molar-refractivity contribution is 7.92. The van der Waals surface area contributed by atoms with Gasteiger partial charge in [0.05, 0.1) is 0 Å². The van der Waals surface area contributed by atoms with Gasteiger partial charge in [0.1, 0.15) is 24.4 Å². The highest BCUT2D eigenvalue weighted by atomic mass is 32.2. The van der Waals surface area contributed by atoms with Crippen molar-refractivity contribution >= 4 is 27.7 Å². The summed E-state index contributed by atoms with van der Waals surface area (Å²) in [6, 6.07) is 1.64. The fourth-order valence-corrected chi connectivity index (χ4v) is 3.62. The van der Waals surface area contributed by atoms with Gasteiger partial charge in [-0.2, -0.15) is 0 Å². The number of allylic oxidation sites excluding steroid dienone is 3. The SMILES string of the molecule is C=C/C(NC(=O)c1cc(N(CCC)CC2CC2)ncn1)=C(C)\C=C\S(=O)(=O)NCC(=O)O. The van der Waals surface area contributed by atoms with Crippen molar-refractivity contribution in [3.05, 3.63) is 53.5 Å². The maximum Gasteiger partial charge on any atom is 0.318 e. The topological polar surface area (TPSA) is 142 Å². The second kappa shape index (κ2) is 11.5. The van der Waals surface area contributed by atoms with E-state index >= 15 is 0 Å². The lowest BCUT2D eigenvalue weighted by Crippen LogP contribution is -2.29. The lowest BCUT2D eigenvalue weighted by molar-refractivity contribution is -0.135. The van der Waals surface area contributed by atoms with Crippen molar-refractivity contribution in [1.82, 2.24) is 20.0 Å². The average Bonchev–Trinajstić information content (AvgIpc) is 3.58. The second-order valence-corrected chi connectivity index (χ2v) is 9.12. The van der Waals surface area contributed by atoms with Gasteiger partial charge in [0, 0.05) is 30.3 Å². The number of hydrogen-bond donors (Lipinski definition) is 3. The van der Waals surface area contributed by atoms with Gasteiger partial charge < -0.3 is 15.3 Å². The Morgan fingerprint density at radius 1 is 1.34 bits per heavy atom. The molecule has 1 saturated carbocycles. The Morgan fingerprint density at radius 3 is 2.66 bits per heavy atom. The average molecular weight is 464 g/mol. The molecule has 3 N–H and O–H groups in total. The van der Waals surface area contributed by atoms with Crippen LogP contribution in [0, 0.1) is 5.92 Å². The third-order valence-electron chi connectivity index (χ3n) is 4.68. The molecule has 1 heterocycles. The van der Waals surface area contributed by atoms with Gasteiger partial charge in [-0.05, 0) is 49.8 Å². The largest absolute Gasteiger partial charge is 0.480 e. The number of rotatable bonds is 13. The maximum atomic E-state index is 12.7. The van der Waals surface area contributed by atoms with Gasteiger partial charge in [-0.15, -0.1) is 0 Å². The molecule has 1 amide bonds. The summed E-state index contributed by atoms with van der Waals surface area (Å²) in [6.07, 6.45) is 7.35. The molecule has 0 radical (unpaired) electrons. The highest BCUT2D eigenvalue weighted by Crippen LogP contribution is 2.31. The Hall–Kier alpha value is -3.05. The smallest absolute Gasteiger partial charge is 0.318 e. The number of aromatic nitrogens is 2. The summed E-state index contributed by atoms with van der Waals surface area (Å²) in [7, 11) is -3.94. The van der Waals surface area contributed by atoms with Crippen molar-refractivity contribution in [2.24, 2.45) is 5.92 Å². The molecule has 10 nitrogen and oxygen atoms in total. The Morgan fingerprint density at radius 2 is 2.06 bits per heavy atom. The predicted octanol–water partition coefficient (Wildman–Crippen LogP) is 1.81. The number of nitrogens with zero attached hydrogens (tertiary/aromatic N) is 3. The van der Waals surface area contributed by atoms with E-state index < -0.39 is 28.4 Å². The fourth-order valence-electron chi connectivity index (χ4n) is 2.81. The Balaban J connectivity index is 2.14. The summed E-state index contributed by atoms with van der Waals surface area (Å²) < 4.78 is 25.5. The van der Waals surface area contributed by atoms with Crippen LogP contribution < -0.4 is 14.9 Å².